The maximum Gasteiger partial charge on any atom is 0.511 e. The molecule has 2 aliphatic rings. The number of ether oxygens (including phenoxy) is 3. The Morgan fingerprint density at radius 3 is 2.50 bits per heavy atom. The number of carbonyl (C=O) groups excluding carboxylic acids is 1. The van der Waals surface area contributed by atoms with Crippen molar-refractivity contribution in [3.05, 3.63) is 34.4 Å². The van der Waals surface area contributed by atoms with Crippen LogP contribution >= 0.6 is 0 Å². The van der Waals surface area contributed by atoms with E-state index in [1.165, 1.54) is 13.3 Å². The number of hydrogen-bond donors (Lipinski definition) is 2. The Bertz CT molecular complexity index is 1190. The minimum Gasteiger partial charge on any atom is -0.449 e. The van der Waals surface area contributed by atoms with E-state index in [2.05, 4.69) is 10.1 Å². The average Bonchev–Trinajstić information content (AvgIpc) is 3.49. The highest BCUT2D eigenvalue weighted by Crippen LogP contribution is 2.39. The number of halogens is 1. The molecule has 1 saturated carbocycles. The Morgan fingerprint density at radius 2 is 1.91 bits per heavy atom. The number of pyridine rings is 1. The standard InChI is InChI=1S/C23H28FN3O7/c1-23(2,3)34-21(29)25-15-9-26(10-18(15)32-4)17-8-16-13(7-14(17)24)20(28)19(33-22(30)31)11-27(16)12-5-6-12/h7-8,11-12,15,18H,5-6,9-10H2,1-4H3,(H,25,29)(H,30,31)/t15-,18-/m0/s1. The van der Waals surface area contributed by atoms with Gasteiger partial charge in [-0.1, -0.05) is 0 Å². The molecule has 2 atom stereocenters. The monoisotopic (exact) mass is 477 g/mol. The van der Waals surface area contributed by atoms with Gasteiger partial charge in [0.1, 0.15) is 11.4 Å². The summed E-state index contributed by atoms with van der Waals surface area (Å²) >= 11 is 0. The van der Waals surface area contributed by atoms with Gasteiger partial charge in [0.25, 0.3) is 0 Å². The van der Waals surface area contributed by atoms with Gasteiger partial charge in [0.2, 0.25) is 5.43 Å². The van der Waals surface area contributed by atoms with Crippen LogP contribution in [0.3, 0.4) is 0 Å². The first-order chi connectivity index (χ1) is 16.0. The average molecular weight is 477 g/mol. The van der Waals surface area contributed by atoms with Crippen LogP contribution in [0.5, 0.6) is 5.75 Å². The molecule has 10 nitrogen and oxygen atoms in total. The first kappa shape index (κ1) is 23.8. The van der Waals surface area contributed by atoms with Gasteiger partial charge in [-0.25, -0.2) is 14.0 Å². The topological polar surface area (TPSA) is 119 Å². The number of carboxylic acid groups (broad SMARTS) is 1. The quantitative estimate of drug-likeness (QED) is 0.630. The Balaban J connectivity index is 1.67. The Morgan fingerprint density at radius 1 is 1.21 bits per heavy atom. The van der Waals surface area contributed by atoms with Crippen molar-refractivity contribution in [1.82, 2.24) is 9.88 Å². The summed E-state index contributed by atoms with van der Waals surface area (Å²) in [6.45, 7) is 5.87. The predicted octanol–water partition coefficient (Wildman–Crippen LogP) is 3.26. The van der Waals surface area contributed by atoms with Gasteiger partial charge in [-0.05, 0) is 45.7 Å². The number of nitrogens with zero attached hydrogens (tertiary/aromatic N) is 2. The highest BCUT2D eigenvalue weighted by atomic mass is 19.1. The lowest BCUT2D eigenvalue weighted by molar-refractivity contribution is 0.0417. The fourth-order valence-corrected chi connectivity index (χ4v) is 4.20. The highest BCUT2D eigenvalue weighted by molar-refractivity contribution is 5.85. The largest absolute Gasteiger partial charge is 0.511 e. The lowest BCUT2D eigenvalue weighted by Crippen LogP contribution is -2.45. The second kappa shape index (κ2) is 8.79. The number of fused-ring (bicyclic) bond motifs is 1. The third kappa shape index (κ3) is 4.93. The zero-order valence-corrected chi connectivity index (χ0v) is 19.5. The van der Waals surface area contributed by atoms with Crippen LogP contribution in [-0.4, -0.2) is 59.9 Å². The molecule has 34 heavy (non-hydrogen) atoms. The van der Waals surface area contributed by atoms with Gasteiger partial charge in [0.05, 0.1) is 34.9 Å². The van der Waals surface area contributed by atoms with Crippen LogP contribution in [0.4, 0.5) is 19.7 Å². The second-order valence-electron chi connectivity index (χ2n) is 9.58. The summed E-state index contributed by atoms with van der Waals surface area (Å²) in [5, 5.41) is 11.8. The van der Waals surface area contributed by atoms with E-state index >= 15 is 4.39 Å². The molecule has 2 aromatic rings. The van der Waals surface area contributed by atoms with Crippen molar-refractivity contribution in [3.8, 4) is 5.75 Å². The molecule has 0 unspecified atom stereocenters. The van der Waals surface area contributed by atoms with Gasteiger partial charge in [-0.15, -0.1) is 0 Å². The number of alkyl carbamates (subject to hydrolysis) is 1. The Hall–Kier alpha value is -3.34. The van der Waals surface area contributed by atoms with Crippen molar-refractivity contribution in [2.24, 2.45) is 0 Å². The third-order valence-electron chi connectivity index (χ3n) is 5.82. The van der Waals surface area contributed by atoms with E-state index in [1.54, 1.807) is 36.3 Å². The first-order valence-electron chi connectivity index (χ1n) is 11.0. The van der Waals surface area contributed by atoms with Crippen molar-refractivity contribution in [2.75, 3.05) is 25.1 Å². The molecular weight excluding hydrogens is 449 g/mol. The van der Waals surface area contributed by atoms with Crippen LogP contribution < -0.4 is 20.4 Å². The van der Waals surface area contributed by atoms with Crippen molar-refractivity contribution in [2.45, 2.75) is 57.4 Å². The molecule has 1 amide bonds. The molecule has 1 aliphatic heterocycles. The van der Waals surface area contributed by atoms with Gasteiger partial charge >= 0.3 is 12.2 Å². The van der Waals surface area contributed by atoms with E-state index in [4.69, 9.17) is 14.6 Å². The van der Waals surface area contributed by atoms with Crippen molar-refractivity contribution in [1.29, 1.82) is 0 Å². The number of hydrogen-bond acceptors (Lipinski definition) is 7. The zero-order valence-electron chi connectivity index (χ0n) is 19.5. The first-order valence-corrected chi connectivity index (χ1v) is 11.0. The summed E-state index contributed by atoms with van der Waals surface area (Å²) in [5.41, 5.74) is -0.617. The van der Waals surface area contributed by atoms with Gasteiger partial charge in [0.15, 0.2) is 5.75 Å². The fourth-order valence-electron chi connectivity index (χ4n) is 4.20. The molecule has 184 valence electrons. The van der Waals surface area contributed by atoms with E-state index in [9.17, 15) is 14.4 Å². The van der Waals surface area contributed by atoms with Crippen LogP contribution in [0.1, 0.15) is 39.7 Å². The van der Waals surface area contributed by atoms with Crippen molar-refractivity contribution >= 4 is 28.8 Å². The predicted molar refractivity (Wildman–Crippen MR) is 121 cm³/mol. The zero-order chi connectivity index (χ0) is 24.8. The number of methoxy groups -OCH3 is 1. The normalized spacial score (nSPS) is 20.4. The summed E-state index contributed by atoms with van der Waals surface area (Å²) < 4.78 is 32.5. The number of benzene rings is 1. The molecule has 0 bridgehead atoms. The van der Waals surface area contributed by atoms with Gasteiger partial charge < -0.3 is 34.1 Å². The summed E-state index contributed by atoms with van der Waals surface area (Å²) in [6, 6.07) is 2.32. The number of nitrogens with one attached hydrogen (secondary N) is 1. The summed E-state index contributed by atoms with van der Waals surface area (Å²) in [7, 11) is 1.52. The van der Waals surface area contributed by atoms with Crippen LogP contribution in [-0.2, 0) is 9.47 Å². The lowest BCUT2D eigenvalue weighted by atomic mass is 10.1. The van der Waals surface area contributed by atoms with Gasteiger partial charge in [-0.3, -0.25) is 4.79 Å². The minimum atomic E-state index is -1.61. The van der Waals surface area contributed by atoms with Crippen molar-refractivity contribution < 1.29 is 33.3 Å². The SMILES string of the molecule is CO[C@H]1CN(c2cc3c(cc2F)c(=O)c(OC(=O)O)cn3C2CC2)C[C@@H]1NC(=O)OC(C)(C)C. The highest BCUT2D eigenvalue weighted by Gasteiger charge is 2.37. The van der Waals surface area contributed by atoms with E-state index in [-0.39, 0.29) is 29.4 Å². The van der Waals surface area contributed by atoms with E-state index in [0.717, 1.165) is 18.9 Å². The second-order valence-corrected chi connectivity index (χ2v) is 9.58. The number of rotatable bonds is 5. The van der Waals surface area contributed by atoms with Crippen LogP contribution in [0, 0.1) is 5.82 Å². The molecule has 2 heterocycles. The van der Waals surface area contributed by atoms with E-state index in [1.807, 2.05) is 0 Å². The minimum absolute atomic E-state index is 0.0396. The lowest BCUT2D eigenvalue weighted by Gasteiger charge is -2.23. The van der Waals surface area contributed by atoms with Crippen LogP contribution in [0.25, 0.3) is 10.9 Å². The Labute approximate surface area is 195 Å². The van der Waals surface area contributed by atoms with Crippen molar-refractivity contribution in [3.63, 3.8) is 0 Å². The number of aromatic nitrogens is 1. The van der Waals surface area contributed by atoms with Crippen LogP contribution in [0.2, 0.25) is 0 Å². The van der Waals surface area contributed by atoms with E-state index in [0.29, 0.717) is 12.1 Å². The summed E-state index contributed by atoms with van der Waals surface area (Å²) in [6.07, 6.45) is 0.478. The molecule has 1 aromatic carbocycles. The van der Waals surface area contributed by atoms with Crippen LogP contribution in [0.15, 0.2) is 23.1 Å². The van der Waals surface area contributed by atoms with Gasteiger partial charge in [-0.2, -0.15) is 0 Å². The molecule has 0 spiro atoms. The molecule has 11 heteroatoms. The molecule has 1 aromatic heterocycles. The molecular formula is C23H28FN3O7. The number of anilines is 1. The number of amides is 1. The maximum absolute atomic E-state index is 15.2. The summed E-state index contributed by atoms with van der Waals surface area (Å²) in [4.78, 5) is 37.8. The molecule has 2 N–H and O–H groups in total. The molecule has 0 radical (unpaired) electrons. The molecule has 4 rings (SSSR count). The molecule has 1 saturated heterocycles. The maximum atomic E-state index is 15.2. The molecule has 1 aliphatic carbocycles. The van der Waals surface area contributed by atoms with E-state index < -0.39 is 41.2 Å². The molecule has 2 fully saturated rings. The summed E-state index contributed by atoms with van der Waals surface area (Å²) in [5.74, 6) is -1.01. The fraction of sp³-hybridized carbons (Fsp3) is 0.522. The van der Waals surface area contributed by atoms with Gasteiger partial charge in [0, 0.05) is 26.2 Å². The smallest absolute Gasteiger partial charge is 0.449 e. The number of carbonyl (C=O) groups is 2. The Kier molecular flexibility index (Phi) is 6.15. The third-order valence-corrected chi connectivity index (χ3v) is 5.82.